The number of hydrogen-bond donors (Lipinski definition) is 0. The van der Waals surface area contributed by atoms with E-state index in [0.717, 1.165) is 25.4 Å². The maximum Gasteiger partial charge on any atom is 0.145 e. The van der Waals surface area contributed by atoms with Gasteiger partial charge in [0.1, 0.15) is 12.6 Å². The molecule has 0 aromatic heterocycles. The van der Waals surface area contributed by atoms with Gasteiger partial charge in [0.2, 0.25) is 0 Å². The van der Waals surface area contributed by atoms with Gasteiger partial charge in [-0.1, -0.05) is 12.7 Å². The molecule has 2 heteroatoms. The van der Waals surface area contributed by atoms with Crippen LogP contribution < -0.4 is 0 Å². The molecule has 0 aliphatic carbocycles. The molecular weight excluding hydrogens is 140 g/mol. The number of carbonyl (C=O) groups is 2. The van der Waals surface area contributed by atoms with Crippen LogP contribution in [-0.4, -0.2) is 12.6 Å². The molecule has 2 nitrogen and oxygen atoms in total. The van der Waals surface area contributed by atoms with Gasteiger partial charge in [0.25, 0.3) is 0 Å². The van der Waals surface area contributed by atoms with Crippen LogP contribution in [0.15, 0.2) is 24.3 Å². The lowest BCUT2D eigenvalue weighted by Crippen LogP contribution is -1.81. The highest BCUT2D eigenvalue weighted by atomic mass is 16.1. The molecule has 0 bridgehead atoms. The number of hydrogen-bond acceptors (Lipinski definition) is 2. The molecule has 0 atom stereocenters. The van der Waals surface area contributed by atoms with Crippen molar-refractivity contribution < 1.29 is 9.59 Å². The average Bonchev–Trinajstić information content (AvgIpc) is 2.04. The first kappa shape index (κ1) is 9.82. The van der Waals surface area contributed by atoms with E-state index < -0.39 is 0 Å². The number of aldehydes is 2. The second-order valence-electron chi connectivity index (χ2n) is 2.23. The van der Waals surface area contributed by atoms with Gasteiger partial charge >= 0.3 is 0 Å². The first-order valence-electron chi connectivity index (χ1n) is 3.54. The third-order valence-corrected chi connectivity index (χ3v) is 1.25. The summed E-state index contributed by atoms with van der Waals surface area (Å²) in [5.74, 6) is 0. The van der Waals surface area contributed by atoms with Gasteiger partial charge in [-0.15, -0.1) is 0 Å². The summed E-state index contributed by atoms with van der Waals surface area (Å²) in [6.45, 7) is 3.53. The van der Waals surface area contributed by atoms with Gasteiger partial charge in [0.05, 0.1) is 0 Å². The molecule has 0 amide bonds. The van der Waals surface area contributed by atoms with Gasteiger partial charge in [-0.05, 0) is 30.9 Å². The molecule has 0 saturated heterocycles. The number of rotatable bonds is 6. The Balaban J connectivity index is 3.27. The zero-order valence-corrected chi connectivity index (χ0v) is 6.45. The van der Waals surface area contributed by atoms with Gasteiger partial charge in [-0.2, -0.15) is 0 Å². The van der Waals surface area contributed by atoms with Crippen LogP contribution in [0.5, 0.6) is 0 Å². The second-order valence-corrected chi connectivity index (χ2v) is 2.23. The van der Waals surface area contributed by atoms with Crippen LogP contribution in [0, 0.1) is 0 Å². The fraction of sp³-hybridized carbons (Fsp3) is 0.333. The summed E-state index contributed by atoms with van der Waals surface area (Å²) in [5, 5.41) is 0. The van der Waals surface area contributed by atoms with Crippen molar-refractivity contribution in [2.45, 2.75) is 19.3 Å². The maximum absolute atomic E-state index is 10.1. The molecule has 0 rings (SSSR count). The van der Waals surface area contributed by atoms with Crippen LogP contribution in [0.2, 0.25) is 0 Å². The number of unbranched alkanes of at least 4 members (excludes halogenated alkanes) is 1. The van der Waals surface area contributed by atoms with Crippen molar-refractivity contribution in [3.63, 3.8) is 0 Å². The highest BCUT2D eigenvalue weighted by Crippen LogP contribution is 2.02. The third kappa shape index (κ3) is 6.71. The maximum atomic E-state index is 10.1. The van der Waals surface area contributed by atoms with Crippen molar-refractivity contribution in [2.24, 2.45) is 0 Å². The van der Waals surface area contributed by atoms with Gasteiger partial charge in [0.15, 0.2) is 0 Å². The Labute approximate surface area is 66.6 Å². The molecule has 0 fully saturated rings. The first-order chi connectivity index (χ1) is 5.31. The molecule has 0 aliphatic heterocycles. The van der Waals surface area contributed by atoms with E-state index in [0.29, 0.717) is 12.0 Å². The Morgan fingerprint density at radius 1 is 1.36 bits per heavy atom. The van der Waals surface area contributed by atoms with Gasteiger partial charge < -0.3 is 0 Å². The standard InChI is InChI=1S/C9H12O2/c1-9(8-11)6-4-2-3-5-7-10/h3,5,7-8H,1-2,4,6H2/b5-3+. The Morgan fingerprint density at radius 3 is 2.64 bits per heavy atom. The van der Waals surface area contributed by atoms with Crippen molar-refractivity contribution in [1.82, 2.24) is 0 Å². The van der Waals surface area contributed by atoms with Crippen molar-refractivity contribution >= 4 is 12.6 Å². The Hall–Kier alpha value is -1.18. The normalized spacial score (nSPS) is 9.82. The van der Waals surface area contributed by atoms with E-state index in [1.54, 1.807) is 6.08 Å². The molecule has 0 aliphatic rings. The van der Waals surface area contributed by atoms with E-state index in [-0.39, 0.29) is 0 Å². The summed E-state index contributed by atoms with van der Waals surface area (Å²) in [5.41, 5.74) is 0.615. The van der Waals surface area contributed by atoms with Gasteiger partial charge in [-0.25, -0.2) is 0 Å². The molecule has 11 heavy (non-hydrogen) atoms. The van der Waals surface area contributed by atoms with E-state index >= 15 is 0 Å². The molecule has 0 saturated carbocycles. The molecular formula is C9H12O2. The highest BCUT2D eigenvalue weighted by Gasteiger charge is 1.88. The quantitative estimate of drug-likeness (QED) is 0.329. The zero-order chi connectivity index (χ0) is 8.53. The van der Waals surface area contributed by atoms with E-state index in [1.807, 2.05) is 0 Å². The van der Waals surface area contributed by atoms with Crippen LogP contribution in [-0.2, 0) is 9.59 Å². The topological polar surface area (TPSA) is 34.1 Å². The zero-order valence-electron chi connectivity index (χ0n) is 6.45. The van der Waals surface area contributed by atoms with Gasteiger partial charge in [-0.3, -0.25) is 9.59 Å². The first-order valence-corrected chi connectivity index (χ1v) is 3.54. The molecule has 0 aromatic rings. The van der Waals surface area contributed by atoms with Crippen LogP contribution in [0.3, 0.4) is 0 Å². The smallest absolute Gasteiger partial charge is 0.145 e. The van der Waals surface area contributed by atoms with Crippen LogP contribution >= 0.6 is 0 Å². The largest absolute Gasteiger partial charge is 0.299 e. The SMILES string of the molecule is C=C(C=O)CCC/C=C/C=O. The molecule has 0 N–H and O–H groups in total. The van der Waals surface area contributed by atoms with E-state index in [2.05, 4.69) is 6.58 Å². The number of allylic oxidation sites excluding steroid dienone is 3. The molecule has 0 unspecified atom stereocenters. The molecule has 0 spiro atoms. The fourth-order valence-corrected chi connectivity index (χ4v) is 0.658. The minimum atomic E-state index is 0.615. The lowest BCUT2D eigenvalue weighted by molar-refractivity contribution is -0.105. The fourth-order valence-electron chi connectivity index (χ4n) is 0.658. The Bertz CT molecular complexity index is 168. The molecule has 0 aromatic carbocycles. The average molecular weight is 152 g/mol. The summed E-state index contributed by atoms with van der Waals surface area (Å²) in [7, 11) is 0. The lowest BCUT2D eigenvalue weighted by atomic mass is 10.1. The summed E-state index contributed by atoms with van der Waals surface area (Å²) < 4.78 is 0. The predicted octanol–water partition coefficient (Wildman–Crippen LogP) is 1.67. The van der Waals surface area contributed by atoms with Crippen LogP contribution in [0.1, 0.15) is 19.3 Å². The van der Waals surface area contributed by atoms with E-state index in [1.165, 1.54) is 6.08 Å². The van der Waals surface area contributed by atoms with Crippen molar-refractivity contribution in [3.05, 3.63) is 24.3 Å². The molecule has 60 valence electrons. The Kier molecular flexibility index (Phi) is 6.19. The monoisotopic (exact) mass is 152 g/mol. The summed E-state index contributed by atoms with van der Waals surface area (Å²) in [4.78, 5) is 19.8. The third-order valence-electron chi connectivity index (χ3n) is 1.25. The molecule has 0 radical (unpaired) electrons. The second kappa shape index (κ2) is 6.93. The summed E-state index contributed by atoms with van der Waals surface area (Å²) in [6, 6.07) is 0. The summed E-state index contributed by atoms with van der Waals surface area (Å²) in [6.07, 6.45) is 7.17. The highest BCUT2D eigenvalue weighted by molar-refractivity contribution is 5.71. The number of carbonyl (C=O) groups excluding carboxylic acids is 2. The van der Waals surface area contributed by atoms with Crippen LogP contribution in [0.4, 0.5) is 0 Å². The van der Waals surface area contributed by atoms with E-state index in [9.17, 15) is 9.59 Å². The molecule has 0 heterocycles. The minimum Gasteiger partial charge on any atom is -0.299 e. The lowest BCUT2D eigenvalue weighted by Gasteiger charge is -1.92. The Morgan fingerprint density at radius 2 is 2.09 bits per heavy atom. The van der Waals surface area contributed by atoms with Crippen molar-refractivity contribution in [3.8, 4) is 0 Å². The summed E-state index contributed by atoms with van der Waals surface area (Å²) >= 11 is 0. The van der Waals surface area contributed by atoms with Gasteiger partial charge in [0, 0.05) is 0 Å². The van der Waals surface area contributed by atoms with Crippen molar-refractivity contribution in [2.75, 3.05) is 0 Å². The van der Waals surface area contributed by atoms with E-state index in [4.69, 9.17) is 0 Å². The van der Waals surface area contributed by atoms with Crippen molar-refractivity contribution in [1.29, 1.82) is 0 Å². The predicted molar refractivity (Wildman–Crippen MR) is 44.3 cm³/mol. The minimum absolute atomic E-state index is 0.615. The van der Waals surface area contributed by atoms with Crippen LogP contribution in [0.25, 0.3) is 0 Å².